The molecule has 0 unspecified atom stereocenters. The van der Waals surface area contributed by atoms with Crippen molar-refractivity contribution in [2.24, 2.45) is 4.99 Å². The lowest BCUT2D eigenvalue weighted by Crippen LogP contribution is -2.37. The molecular formula is C33H45N3O4. The van der Waals surface area contributed by atoms with Crippen LogP contribution >= 0.6 is 0 Å². The van der Waals surface area contributed by atoms with E-state index in [9.17, 15) is 0 Å². The summed E-state index contributed by atoms with van der Waals surface area (Å²) in [6.45, 7) is 19.5. The van der Waals surface area contributed by atoms with Gasteiger partial charge in [-0.2, -0.15) is 0 Å². The van der Waals surface area contributed by atoms with Crippen LogP contribution in [-0.2, 0) is 22.5 Å². The predicted octanol–water partition coefficient (Wildman–Crippen LogP) is 6.84. The van der Waals surface area contributed by atoms with Crippen LogP contribution in [0.5, 0.6) is 0 Å². The first kappa shape index (κ1) is 32.4. The van der Waals surface area contributed by atoms with Gasteiger partial charge in [0.05, 0.1) is 23.9 Å². The minimum absolute atomic E-state index is 0.250. The van der Waals surface area contributed by atoms with Gasteiger partial charge in [0.25, 0.3) is 6.47 Å². The summed E-state index contributed by atoms with van der Waals surface area (Å²) < 4.78 is 7.93. The number of amidine groups is 1. The van der Waals surface area contributed by atoms with Crippen LogP contribution in [0, 0.1) is 20.8 Å². The first-order chi connectivity index (χ1) is 18.9. The molecule has 40 heavy (non-hydrogen) atoms. The lowest BCUT2D eigenvalue weighted by molar-refractivity contribution is -0.122. The van der Waals surface area contributed by atoms with E-state index < -0.39 is 5.60 Å². The molecule has 0 bridgehead atoms. The van der Waals surface area contributed by atoms with Crippen molar-refractivity contribution in [1.29, 1.82) is 0 Å². The summed E-state index contributed by atoms with van der Waals surface area (Å²) in [5.74, 6) is 1.60. The molecule has 0 atom stereocenters. The molecule has 1 aromatic heterocycles. The topological polar surface area (TPSA) is 87.3 Å². The highest BCUT2D eigenvalue weighted by Crippen LogP contribution is 2.45. The number of ether oxygens (including phenoxy) is 1. The SMILES string of the molecule is C=C/C(=C\C(=NC)N1CCn2c(C)cc3c(-c4ccc(C)cc4)c(CC)c(C)c1c32)OC.CC(C)(C)O.O=CO. The quantitative estimate of drug-likeness (QED) is 0.120. The Morgan fingerprint density at radius 3 is 2.20 bits per heavy atom. The molecule has 7 heteroatoms. The van der Waals surface area contributed by atoms with Crippen LogP contribution in [0.3, 0.4) is 0 Å². The zero-order valence-corrected chi connectivity index (χ0v) is 25.5. The molecule has 7 nitrogen and oxygen atoms in total. The summed E-state index contributed by atoms with van der Waals surface area (Å²) in [6, 6.07) is 11.3. The van der Waals surface area contributed by atoms with Crippen LogP contribution in [0.25, 0.3) is 22.0 Å². The second-order valence-corrected chi connectivity index (χ2v) is 10.7. The van der Waals surface area contributed by atoms with Gasteiger partial charge in [0.1, 0.15) is 11.6 Å². The number of allylic oxidation sites excluding steroid dienone is 1. The van der Waals surface area contributed by atoms with Crippen molar-refractivity contribution in [1.82, 2.24) is 4.57 Å². The second kappa shape index (κ2) is 14.0. The standard InChI is InChI=1S/C28H33N3O.C4H10O.CH2O2/c1-8-22(32-7)17-25(29-6)31-15-14-30-19(4)16-24-26(21-12-10-18(3)11-13-21)23(9-2)20(5)27(31)28(24)30;1-4(2,3)5;2-1-3/h8,10-13,16-17H,1,9,14-15H2,2-7H3;5H,1-3H3;1H,(H,2,3)/b22-17+,29-25?;;. The number of anilines is 1. The normalized spacial score (nSPS) is 13.2. The molecule has 1 aliphatic heterocycles. The molecule has 1 aliphatic rings. The number of aliphatic hydroxyl groups is 1. The van der Waals surface area contributed by atoms with Crippen molar-refractivity contribution in [2.75, 3.05) is 25.6 Å². The highest BCUT2D eigenvalue weighted by atomic mass is 16.5. The van der Waals surface area contributed by atoms with Crippen molar-refractivity contribution >= 4 is 28.9 Å². The van der Waals surface area contributed by atoms with Gasteiger partial charge in [0, 0.05) is 37.3 Å². The van der Waals surface area contributed by atoms with Crippen LogP contribution in [0.4, 0.5) is 5.69 Å². The average molecular weight is 548 g/mol. The van der Waals surface area contributed by atoms with Crippen LogP contribution in [0.15, 0.2) is 59.8 Å². The number of hydrogen-bond donors (Lipinski definition) is 2. The Bertz CT molecular complexity index is 1380. The Morgan fingerprint density at radius 1 is 1.15 bits per heavy atom. The molecular weight excluding hydrogens is 502 g/mol. The summed E-state index contributed by atoms with van der Waals surface area (Å²) in [6.07, 6.45) is 4.67. The van der Waals surface area contributed by atoms with Crippen molar-refractivity contribution in [2.45, 2.75) is 67.0 Å². The third-order valence-electron chi connectivity index (χ3n) is 6.63. The molecule has 0 saturated heterocycles. The molecule has 0 radical (unpaired) electrons. The zero-order valence-electron chi connectivity index (χ0n) is 25.5. The Balaban J connectivity index is 0.000000621. The molecule has 4 rings (SSSR count). The smallest absolute Gasteiger partial charge is 0.290 e. The van der Waals surface area contributed by atoms with E-state index >= 15 is 0 Å². The van der Waals surface area contributed by atoms with E-state index in [0.717, 1.165) is 25.3 Å². The summed E-state index contributed by atoms with van der Waals surface area (Å²) in [5, 5.41) is 16.7. The fourth-order valence-electron chi connectivity index (χ4n) is 5.04. The highest BCUT2D eigenvalue weighted by molar-refractivity contribution is 6.15. The summed E-state index contributed by atoms with van der Waals surface area (Å²) >= 11 is 0. The van der Waals surface area contributed by atoms with Crippen molar-refractivity contribution in [3.05, 3.63) is 77.2 Å². The second-order valence-electron chi connectivity index (χ2n) is 10.7. The van der Waals surface area contributed by atoms with Gasteiger partial charge in [-0.05, 0) is 82.4 Å². The van der Waals surface area contributed by atoms with Gasteiger partial charge in [-0.15, -0.1) is 0 Å². The van der Waals surface area contributed by atoms with Gasteiger partial charge < -0.3 is 24.4 Å². The van der Waals surface area contributed by atoms with Gasteiger partial charge in [0.15, 0.2) is 0 Å². The Labute approximate surface area is 239 Å². The van der Waals surface area contributed by atoms with Gasteiger partial charge in [-0.3, -0.25) is 9.79 Å². The van der Waals surface area contributed by atoms with Crippen LogP contribution in [0.2, 0.25) is 0 Å². The van der Waals surface area contributed by atoms with Crippen LogP contribution in [-0.4, -0.2) is 53.4 Å². The summed E-state index contributed by atoms with van der Waals surface area (Å²) in [5.41, 5.74) is 10.0. The van der Waals surface area contributed by atoms with Crippen molar-refractivity contribution in [3.63, 3.8) is 0 Å². The molecule has 0 aliphatic carbocycles. The number of rotatable bonds is 5. The molecule has 2 aromatic carbocycles. The molecule has 0 saturated carbocycles. The molecule has 3 aromatic rings. The van der Waals surface area contributed by atoms with E-state index in [0.29, 0.717) is 5.76 Å². The Hall–Kier alpha value is -3.84. The number of aryl methyl sites for hydroxylation is 2. The van der Waals surface area contributed by atoms with E-state index in [1.807, 2.05) is 13.1 Å². The van der Waals surface area contributed by atoms with Crippen molar-refractivity contribution < 1.29 is 19.7 Å². The first-order valence-electron chi connectivity index (χ1n) is 13.5. The fourth-order valence-corrected chi connectivity index (χ4v) is 5.04. The molecule has 0 amide bonds. The number of carbonyl (C=O) groups is 1. The molecule has 0 fully saturated rings. The van der Waals surface area contributed by atoms with Crippen molar-refractivity contribution in [3.8, 4) is 11.1 Å². The maximum atomic E-state index is 8.52. The van der Waals surface area contributed by atoms with E-state index in [1.54, 1.807) is 34.0 Å². The van der Waals surface area contributed by atoms with E-state index in [2.05, 4.69) is 79.1 Å². The third kappa shape index (κ3) is 7.42. The lowest BCUT2D eigenvalue weighted by atomic mass is 9.88. The number of aliphatic imine (C=N–C) groups is 1. The number of nitrogens with zero attached hydrogens (tertiary/aromatic N) is 3. The highest BCUT2D eigenvalue weighted by Gasteiger charge is 2.29. The third-order valence-corrected chi connectivity index (χ3v) is 6.63. The summed E-state index contributed by atoms with van der Waals surface area (Å²) in [7, 11) is 3.51. The van der Waals surface area contributed by atoms with Gasteiger partial charge >= 0.3 is 0 Å². The Kier molecular flexibility index (Phi) is 11.3. The maximum Gasteiger partial charge on any atom is 0.290 e. The number of hydrogen-bond acceptors (Lipinski definition) is 4. The van der Waals surface area contributed by atoms with E-state index in [1.165, 1.54) is 50.1 Å². The number of aromatic nitrogens is 1. The van der Waals surface area contributed by atoms with Gasteiger partial charge in [0.2, 0.25) is 0 Å². The van der Waals surface area contributed by atoms with E-state index in [4.69, 9.17) is 19.7 Å². The van der Waals surface area contributed by atoms with Gasteiger partial charge in [-0.1, -0.05) is 43.3 Å². The lowest BCUT2D eigenvalue weighted by Gasteiger charge is -2.34. The molecule has 2 N–H and O–H groups in total. The molecule has 0 spiro atoms. The number of methoxy groups -OCH3 is 1. The largest absolute Gasteiger partial charge is 0.497 e. The predicted molar refractivity (Wildman–Crippen MR) is 168 cm³/mol. The molecule has 2 heterocycles. The van der Waals surface area contributed by atoms with Gasteiger partial charge in [-0.25, -0.2) is 0 Å². The number of benzene rings is 2. The fraction of sp³-hybridized carbons (Fsp3) is 0.394. The summed E-state index contributed by atoms with van der Waals surface area (Å²) in [4.78, 5) is 15.3. The minimum atomic E-state index is -0.500. The number of carboxylic acid groups (broad SMARTS) is 1. The average Bonchev–Trinajstić information content (AvgIpc) is 3.23. The van der Waals surface area contributed by atoms with Crippen LogP contribution in [0.1, 0.15) is 50.1 Å². The maximum absolute atomic E-state index is 8.52. The zero-order chi connectivity index (χ0) is 30.2. The van der Waals surface area contributed by atoms with E-state index in [-0.39, 0.29) is 6.47 Å². The monoisotopic (exact) mass is 547 g/mol. The minimum Gasteiger partial charge on any atom is -0.497 e. The van der Waals surface area contributed by atoms with Crippen LogP contribution < -0.4 is 4.90 Å². The molecule has 216 valence electrons. The first-order valence-corrected chi connectivity index (χ1v) is 13.5. The Morgan fingerprint density at radius 2 is 1.73 bits per heavy atom.